The Balaban J connectivity index is 1.84. The van der Waals surface area contributed by atoms with Crippen molar-refractivity contribution in [2.75, 3.05) is 20.8 Å². The van der Waals surface area contributed by atoms with Crippen molar-refractivity contribution in [1.82, 2.24) is 10.2 Å². The van der Waals surface area contributed by atoms with Crippen molar-refractivity contribution in [2.45, 2.75) is 25.9 Å². The zero-order valence-corrected chi connectivity index (χ0v) is 15.8. The monoisotopic (exact) mass is 368 g/mol. The summed E-state index contributed by atoms with van der Waals surface area (Å²) in [4.78, 5) is 27.1. The molecular formula is C21H24N2O4. The summed E-state index contributed by atoms with van der Waals surface area (Å²) in [6.07, 6.45) is 0.331. The van der Waals surface area contributed by atoms with E-state index in [-0.39, 0.29) is 18.4 Å². The number of methoxy groups -OCH3 is 2. The van der Waals surface area contributed by atoms with Gasteiger partial charge in [0.15, 0.2) is 11.5 Å². The number of hydrogen-bond acceptors (Lipinski definition) is 4. The molecule has 3 rings (SSSR count). The van der Waals surface area contributed by atoms with Gasteiger partial charge in [-0.3, -0.25) is 9.59 Å². The second kappa shape index (κ2) is 8.12. The van der Waals surface area contributed by atoms with E-state index in [1.54, 1.807) is 25.2 Å². The average molecular weight is 368 g/mol. The fraction of sp³-hybridized carbons (Fsp3) is 0.333. The van der Waals surface area contributed by atoms with Crippen LogP contribution in [0.1, 0.15) is 29.7 Å². The van der Waals surface area contributed by atoms with Crippen molar-refractivity contribution in [3.8, 4) is 11.5 Å². The van der Waals surface area contributed by atoms with Gasteiger partial charge in [0.1, 0.15) is 6.04 Å². The highest BCUT2D eigenvalue weighted by Crippen LogP contribution is 2.32. The topological polar surface area (TPSA) is 67.9 Å². The Kier molecular flexibility index (Phi) is 5.64. The highest BCUT2D eigenvalue weighted by Gasteiger charge is 2.36. The molecule has 0 saturated carbocycles. The number of benzene rings is 2. The van der Waals surface area contributed by atoms with Crippen molar-refractivity contribution in [2.24, 2.45) is 0 Å². The number of amides is 2. The molecule has 1 heterocycles. The lowest BCUT2D eigenvalue weighted by Gasteiger charge is -2.35. The largest absolute Gasteiger partial charge is 0.493 e. The number of likely N-dealkylation sites (N-methyl/N-ethyl adjacent to an activating group) is 1. The minimum absolute atomic E-state index is 0.0321. The van der Waals surface area contributed by atoms with Gasteiger partial charge in [-0.1, -0.05) is 36.4 Å². The number of ether oxygens (including phenoxy) is 2. The second-order valence-electron chi connectivity index (χ2n) is 6.33. The molecule has 2 aromatic rings. The van der Waals surface area contributed by atoms with Gasteiger partial charge in [-0.15, -0.1) is 0 Å². The zero-order valence-electron chi connectivity index (χ0n) is 15.8. The van der Waals surface area contributed by atoms with Crippen molar-refractivity contribution in [3.63, 3.8) is 0 Å². The number of hydrogen-bond donors (Lipinski definition) is 1. The molecule has 142 valence electrons. The first-order valence-corrected chi connectivity index (χ1v) is 8.95. The normalized spacial score (nSPS) is 15.9. The summed E-state index contributed by atoms with van der Waals surface area (Å²) in [5, 5.41) is 2.95. The zero-order chi connectivity index (χ0) is 19.4. The Morgan fingerprint density at radius 2 is 1.93 bits per heavy atom. The maximum atomic E-state index is 13.0. The SMILES string of the molecule is CCN1C(=O)Cc2ccccc2[C@H]1C(=O)NCc1cccc(OC)c1OC. The van der Waals surface area contributed by atoms with E-state index in [0.29, 0.717) is 24.5 Å². The molecule has 2 aromatic carbocycles. The minimum Gasteiger partial charge on any atom is -0.493 e. The minimum atomic E-state index is -0.621. The Hall–Kier alpha value is -3.02. The Morgan fingerprint density at radius 1 is 1.15 bits per heavy atom. The van der Waals surface area contributed by atoms with E-state index < -0.39 is 6.04 Å². The van der Waals surface area contributed by atoms with E-state index in [9.17, 15) is 9.59 Å². The first-order valence-electron chi connectivity index (χ1n) is 8.95. The van der Waals surface area contributed by atoms with E-state index in [1.165, 1.54) is 0 Å². The molecule has 0 aromatic heterocycles. The highest BCUT2D eigenvalue weighted by molar-refractivity contribution is 5.92. The van der Waals surface area contributed by atoms with Gasteiger partial charge >= 0.3 is 0 Å². The lowest BCUT2D eigenvalue weighted by molar-refractivity contribution is -0.141. The van der Waals surface area contributed by atoms with Gasteiger partial charge < -0.3 is 19.7 Å². The van der Waals surface area contributed by atoms with Crippen LogP contribution in [-0.2, 0) is 22.6 Å². The summed E-state index contributed by atoms with van der Waals surface area (Å²) in [5.41, 5.74) is 2.60. The number of nitrogens with one attached hydrogen (secondary N) is 1. The van der Waals surface area contributed by atoms with E-state index in [1.807, 2.05) is 43.3 Å². The van der Waals surface area contributed by atoms with Crippen molar-refractivity contribution >= 4 is 11.8 Å². The molecule has 0 aliphatic carbocycles. The number of para-hydroxylation sites is 1. The third-order valence-electron chi connectivity index (χ3n) is 4.85. The van der Waals surface area contributed by atoms with E-state index in [4.69, 9.17) is 9.47 Å². The van der Waals surface area contributed by atoms with Gasteiger partial charge in [0.05, 0.1) is 20.6 Å². The summed E-state index contributed by atoms with van der Waals surface area (Å²) < 4.78 is 10.7. The Morgan fingerprint density at radius 3 is 2.63 bits per heavy atom. The van der Waals surface area contributed by atoms with E-state index in [0.717, 1.165) is 16.7 Å². The first-order chi connectivity index (χ1) is 13.1. The van der Waals surface area contributed by atoms with Crippen LogP contribution >= 0.6 is 0 Å². The number of nitrogens with zero attached hydrogens (tertiary/aromatic N) is 1. The molecule has 0 bridgehead atoms. The molecule has 0 spiro atoms. The van der Waals surface area contributed by atoms with Crippen LogP contribution in [0.3, 0.4) is 0 Å². The van der Waals surface area contributed by atoms with E-state index in [2.05, 4.69) is 5.32 Å². The molecule has 1 aliphatic heterocycles. The van der Waals surface area contributed by atoms with Gasteiger partial charge in [-0.25, -0.2) is 0 Å². The van der Waals surface area contributed by atoms with Crippen LogP contribution in [0.25, 0.3) is 0 Å². The molecule has 0 fully saturated rings. The maximum Gasteiger partial charge on any atom is 0.247 e. The molecule has 0 radical (unpaired) electrons. The number of fused-ring (bicyclic) bond motifs is 1. The van der Waals surface area contributed by atoms with Crippen molar-refractivity contribution in [1.29, 1.82) is 0 Å². The van der Waals surface area contributed by atoms with Gasteiger partial charge in [0.2, 0.25) is 11.8 Å². The summed E-state index contributed by atoms with van der Waals surface area (Å²) in [5.74, 6) is 0.961. The van der Waals surface area contributed by atoms with Gasteiger partial charge in [-0.2, -0.15) is 0 Å². The molecule has 2 amide bonds. The lowest BCUT2D eigenvalue weighted by atomic mass is 9.91. The van der Waals surface area contributed by atoms with E-state index >= 15 is 0 Å². The smallest absolute Gasteiger partial charge is 0.247 e. The molecule has 0 unspecified atom stereocenters. The third kappa shape index (κ3) is 3.60. The number of rotatable bonds is 6. The first kappa shape index (κ1) is 18.8. The van der Waals surface area contributed by atoms with Crippen LogP contribution < -0.4 is 14.8 Å². The number of carbonyl (C=O) groups is 2. The quantitative estimate of drug-likeness (QED) is 0.851. The maximum absolute atomic E-state index is 13.0. The van der Waals surface area contributed by atoms with Crippen LogP contribution in [0.5, 0.6) is 11.5 Å². The van der Waals surface area contributed by atoms with Crippen LogP contribution in [0.2, 0.25) is 0 Å². The molecule has 27 heavy (non-hydrogen) atoms. The average Bonchev–Trinajstić information content (AvgIpc) is 2.70. The molecule has 0 saturated heterocycles. The molecule has 1 atom stereocenters. The lowest BCUT2D eigenvalue weighted by Crippen LogP contribution is -2.47. The summed E-state index contributed by atoms with van der Waals surface area (Å²) in [7, 11) is 3.14. The fourth-order valence-electron chi connectivity index (χ4n) is 3.55. The molecular weight excluding hydrogens is 344 g/mol. The molecule has 1 aliphatic rings. The number of carbonyl (C=O) groups excluding carboxylic acids is 2. The van der Waals surface area contributed by atoms with Gasteiger partial charge in [0.25, 0.3) is 0 Å². The van der Waals surface area contributed by atoms with Crippen LogP contribution in [0, 0.1) is 0 Å². The molecule has 6 heteroatoms. The van der Waals surface area contributed by atoms with Gasteiger partial charge in [0, 0.05) is 18.7 Å². The Bertz CT molecular complexity index is 850. The summed E-state index contributed by atoms with van der Waals surface area (Å²) >= 11 is 0. The standard InChI is InChI=1S/C21H24N2O4/c1-4-23-18(24)12-14-8-5-6-10-16(14)19(23)21(25)22-13-15-9-7-11-17(26-2)20(15)27-3/h5-11,19H,4,12-13H2,1-3H3,(H,22,25)/t19-/m0/s1. The predicted octanol–water partition coefficient (Wildman–Crippen LogP) is 2.47. The highest BCUT2D eigenvalue weighted by atomic mass is 16.5. The predicted molar refractivity (Wildman–Crippen MR) is 102 cm³/mol. The van der Waals surface area contributed by atoms with Crippen molar-refractivity contribution in [3.05, 3.63) is 59.2 Å². The molecule has 1 N–H and O–H groups in total. The van der Waals surface area contributed by atoms with Crippen LogP contribution in [-0.4, -0.2) is 37.5 Å². The summed E-state index contributed by atoms with van der Waals surface area (Å²) in [6, 6.07) is 12.5. The molecule has 6 nitrogen and oxygen atoms in total. The Labute approximate surface area is 159 Å². The van der Waals surface area contributed by atoms with Crippen molar-refractivity contribution < 1.29 is 19.1 Å². The second-order valence-corrected chi connectivity index (χ2v) is 6.33. The van der Waals surface area contributed by atoms with Crippen LogP contribution in [0.4, 0.5) is 0 Å². The fourth-order valence-corrected chi connectivity index (χ4v) is 3.55. The van der Waals surface area contributed by atoms with Gasteiger partial charge in [-0.05, 0) is 24.1 Å². The third-order valence-corrected chi connectivity index (χ3v) is 4.85. The van der Waals surface area contributed by atoms with Crippen LogP contribution in [0.15, 0.2) is 42.5 Å². The summed E-state index contributed by atoms with van der Waals surface area (Å²) in [6.45, 7) is 2.65.